The van der Waals surface area contributed by atoms with Crippen molar-refractivity contribution in [3.05, 3.63) is 39.2 Å². The molecule has 0 spiro atoms. The summed E-state index contributed by atoms with van der Waals surface area (Å²) in [7, 11) is 0. The molecular weight excluding hydrogens is 312 g/mol. The molecule has 3 rings (SSSR count). The SMILES string of the molecule is Cc1cc2c(c3cc(C(C)C)c(=O)[nH]c13)OC(C)(CN)C2C.Cl. The van der Waals surface area contributed by atoms with E-state index in [1.54, 1.807) is 0 Å². The molecule has 2 heterocycles. The van der Waals surface area contributed by atoms with Gasteiger partial charge in [-0.2, -0.15) is 0 Å². The fourth-order valence-electron chi connectivity index (χ4n) is 3.30. The zero-order valence-corrected chi connectivity index (χ0v) is 15.1. The minimum absolute atomic E-state index is 0. The van der Waals surface area contributed by atoms with E-state index in [9.17, 15) is 4.79 Å². The van der Waals surface area contributed by atoms with Crippen LogP contribution < -0.4 is 16.0 Å². The molecule has 2 aromatic rings. The number of benzene rings is 1. The van der Waals surface area contributed by atoms with Gasteiger partial charge in [-0.3, -0.25) is 4.79 Å². The van der Waals surface area contributed by atoms with Crippen LogP contribution in [0.1, 0.15) is 56.2 Å². The fraction of sp³-hybridized carbons (Fsp3) is 0.500. The van der Waals surface area contributed by atoms with Crippen LogP contribution in [0, 0.1) is 6.92 Å². The van der Waals surface area contributed by atoms with Crippen LogP contribution in [0.3, 0.4) is 0 Å². The maximum atomic E-state index is 12.3. The van der Waals surface area contributed by atoms with E-state index in [0.29, 0.717) is 6.54 Å². The number of ether oxygens (including phenoxy) is 1. The number of nitrogens with two attached hydrogens (primary N) is 1. The lowest BCUT2D eigenvalue weighted by Crippen LogP contribution is -2.41. The fourth-order valence-corrected chi connectivity index (χ4v) is 3.30. The van der Waals surface area contributed by atoms with E-state index in [1.807, 2.05) is 33.8 Å². The first-order valence-corrected chi connectivity index (χ1v) is 7.88. The molecule has 2 atom stereocenters. The molecule has 1 aliphatic rings. The summed E-state index contributed by atoms with van der Waals surface area (Å²) in [5.74, 6) is 1.27. The van der Waals surface area contributed by atoms with E-state index in [4.69, 9.17) is 10.5 Å². The van der Waals surface area contributed by atoms with Gasteiger partial charge in [-0.05, 0) is 37.5 Å². The van der Waals surface area contributed by atoms with Crippen molar-refractivity contribution in [2.24, 2.45) is 5.73 Å². The van der Waals surface area contributed by atoms with Gasteiger partial charge in [0, 0.05) is 29.0 Å². The largest absolute Gasteiger partial charge is 0.485 e. The molecule has 23 heavy (non-hydrogen) atoms. The molecule has 1 aromatic heterocycles. The third-order valence-electron chi connectivity index (χ3n) is 5.09. The van der Waals surface area contributed by atoms with Crippen LogP contribution in [0.5, 0.6) is 5.75 Å². The van der Waals surface area contributed by atoms with Crippen LogP contribution in [0.15, 0.2) is 16.9 Å². The highest BCUT2D eigenvalue weighted by atomic mass is 35.5. The molecule has 0 aliphatic carbocycles. The minimum Gasteiger partial charge on any atom is -0.485 e. The van der Waals surface area contributed by atoms with Gasteiger partial charge in [-0.1, -0.05) is 20.8 Å². The highest BCUT2D eigenvalue weighted by Crippen LogP contribution is 2.48. The maximum Gasteiger partial charge on any atom is 0.251 e. The first-order chi connectivity index (χ1) is 10.3. The van der Waals surface area contributed by atoms with Gasteiger partial charge in [0.2, 0.25) is 0 Å². The third kappa shape index (κ3) is 2.54. The van der Waals surface area contributed by atoms with E-state index in [0.717, 1.165) is 27.8 Å². The van der Waals surface area contributed by atoms with Crippen molar-refractivity contribution in [1.82, 2.24) is 4.98 Å². The Morgan fingerprint density at radius 3 is 2.61 bits per heavy atom. The average molecular weight is 337 g/mol. The normalized spacial score (nSPS) is 22.8. The van der Waals surface area contributed by atoms with Crippen LogP contribution in [0.4, 0.5) is 0 Å². The number of H-pyrrole nitrogens is 1. The molecule has 0 saturated heterocycles. The second kappa shape index (κ2) is 5.84. The number of halogens is 1. The second-order valence-electron chi connectivity index (χ2n) is 6.95. The number of pyridine rings is 1. The van der Waals surface area contributed by atoms with Gasteiger partial charge in [0.25, 0.3) is 5.56 Å². The van der Waals surface area contributed by atoms with Gasteiger partial charge in [0.15, 0.2) is 0 Å². The molecule has 1 aliphatic heterocycles. The lowest BCUT2D eigenvalue weighted by Gasteiger charge is -2.26. The van der Waals surface area contributed by atoms with E-state index in [1.165, 1.54) is 5.56 Å². The first-order valence-electron chi connectivity index (χ1n) is 7.88. The summed E-state index contributed by atoms with van der Waals surface area (Å²) in [6.07, 6.45) is 0. The Hall–Kier alpha value is -1.52. The standard InChI is InChI=1S/C18H24N2O2.ClH/c1-9(2)12-7-14-15(20-17(12)21)10(3)6-13-11(4)18(5,8-19)22-16(13)14;/h6-7,9,11H,8,19H2,1-5H3,(H,20,21);1H. The van der Waals surface area contributed by atoms with Crippen LogP contribution in [-0.4, -0.2) is 17.1 Å². The summed E-state index contributed by atoms with van der Waals surface area (Å²) in [5.41, 5.74) is 9.43. The maximum absolute atomic E-state index is 12.3. The second-order valence-corrected chi connectivity index (χ2v) is 6.95. The van der Waals surface area contributed by atoms with Gasteiger partial charge >= 0.3 is 0 Å². The Labute approximate surface area is 142 Å². The molecule has 3 N–H and O–H groups in total. The zero-order valence-electron chi connectivity index (χ0n) is 14.3. The summed E-state index contributed by atoms with van der Waals surface area (Å²) in [6.45, 7) is 10.7. The van der Waals surface area contributed by atoms with E-state index < -0.39 is 5.60 Å². The molecule has 2 unspecified atom stereocenters. The van der Waals surface area contributed by atoms with Gasteiger partial charge < -0.3 is 15.5 Å². The van der Waals surface area contributed by atoms with E-state index >= 15 is 0 Å². The lowest BCUT2D eigenvalue weighted by atomic mass is 9.86. The predicted molar refractivity (Wildman–Crippen MR) is 97.1 cm³/mol. The van der Waals surface area contributed by atoms with Gasteiger partial charge in [0.05, 0.1) is 5.52 Å². The van der Waals surface area contributed by atoms with Crippen molar-refractivity contribution in [3.8, 4) is 5.75 Å². The number of rotatable bonds is 2. The van der Waals surface area contributed by atoms with Gasteiger partial charge in [0.1, 0.15) is 11.4 Å². The van der Waals surface area contributed by atoms with Crippen molar-refractivity contribution in [2.75, 3.05) is 6.54 Å². The summed E-state index contributed by atoms with van der Waals surface area (Å²) >= 11 is 0. The summed E-state index contributed by atoms with van der Waals surface area (Å²) in [5, 5.41) is 0.988. The molecular formula is C18H25ClN2O2. The smallest absolute Gasteiger partial charge is 0.251 e. The first kappa shape index (κ1) is 17.8. The molecule has 126 valence electrons. The quantitative estimate of drug-likeness (QED) is 0.880. The molecule has 0 fully saturated rings. The summed E-state index contributed by atoms with van der Waals surface area (Å²) in [4.78, 5) is 15.3. The van der Waals surface area contributed by atoms with Crippen molar-refractivity contribution < 1.29 is 4.74 Å². The summed E-state index contributed by atoms with van der Waals surface area (Å²) in [6, 6.07) is 4.11. The number of fused-ring (bicyclic) bond motifs is 3. The van der Waals surface area contributed by atoms with Crippen LogP contribution >= 0.6 is 12.4 Å². The van der Waals surface area contributed by atoms with E-state index in [2.05, 4.69) is 18.0 Å². The van der Waals surface area contributed by atoms with Crippen molar-refractivity contribution in [1.29, 1.82) is 0 Å². The van der Waals surface area contributed by atoms with Crippen molar-refractivity contribution in [3.63, 3.8) is 0 Å². The predicted octanol–water partition coefficient (Wildman–Crippen LogP) is 3.60. The number of hydrogen-bond donors (Lipinski definition) is 2. The number of nitrogens with one attached hydrogen (secondary N) is 1. The van der Waals surface area contributed by atoms with E-state index in [-0.39, 0.29) is 29.8 Å². The van der Waals surface area contributed by atoms with Crippen molar-refractivity contribution in [2.45, 2.75) is 52.1 Å². The Bertz CT molecular complexity index is 813. The molecule has 5 heteroatoms. The molecule has 4 nitrogen and oxygen atoms in total. The highest BCUT2D eigenvalue weighted by molar-refractivity contribution is 5.90. The molecule has 0 radical (unpaired) electrons. The topological polar surface area (TPSA) is 68.1 Å². The lowest BCUT2D eigenvalue weighted by molar-refractivity contribution is 0.105. The number of aryl methyl sites for hydroxylation is 1. The van der Waals surface area contributed by atoms with Crippen LogP contribution in [-0.2, 0) is 0 Å². The Morgan fingerprint density at radius 2 is 2.04 bits per heavy atom. The van der Waals surface area contributed by atoms with Gasteiger partial charge in [-0.15, -0.1) is 12.4 Å². The number of aromatic nitrogens is 1. The van der Waals surface area contributed by atoms with Gasteiger partial charge in [-0.25, -0.2) is 0 Å². The Morgan fingerprint density at radius 1 is 1.39 bits per heavy atom. The van der Waals surface area contributed by atoms with Crippen LogP contribution in [0.2, 0.25) is 0 Å². The summed E-state index contributed by atoms with van der Waals surface area (Å²) < 4.78 is 6.25. The Kier molecular flexibility index (Phi) is 4.53. The molecule has 1 aromatic carbocycles. The average Bonchev–Trinajstić information content (AvgIpc) is 2.72. The molecule has 0 saturated carbocycles. The zero-order chi connectivity index (χ0) is 16.2. The Balaban J connectivity index is 0.00000192. The third-order valence-corrected chi connectivity index (χ3v) is 5.09. The number of aromatic amines is 1. The minimum atomic E-state index is -0.392. The monoisotopic (exact) mass is 336 g/mol. The van der Waals surface area contributed by atoms with Crippen molar-refractivity contribution >= 4 is 23.3 Å². The number of hydrogen-bond acceptors (Lipinski definition) is 3. The highest BCUT2D eigenvalue weighted by Gasteiger charge is 2.42. The molecule has 0 amide bonds. The molecule has 0 bridgehead atoms. The van der Waals surface area contributed by atoms with Crippen LogP contribution in [0.25, 0.3) is 10.9 Å².